The maximum absolute atomic E-state index is 9.69. The van der Waals surface area contributed by atoms with Crippen LogP contribution in [-0.2, 0) is 0 Å². The number of aliphatic hydroxyl groups is 1. The first-order valence-electron chi connectivity index (χ1n) is 9.14. The quantitative estimate of drug-likeness (QED) is 0.337. The van der Waals surface area contributed by atoms with Gasteiger partial charge in [-0.15, -0.1) is 24.0 Å². The Morgan fingerprint density at radius 2 is 1.89 bits per heavy atom. The molecule has 3 rings (SSSR count). The van der Waals surface area contributed by atoms with Gasteiger partial charge in [0.2, 0.25) is 0 Å². The molecular weight excluding hydrogens is 453 g/mol. The first-order valence-corrected chi connectivity index (χ1v) is 9.14. The first-order chi connectivity index (χ1) is 12.8. The molecule has 146 valence electrons. The van der Waals surface area contributed by atoms with Crippen LogP contribution in [0.25, 0.3) is 0 Å². The van der Waals surface area contributed by atoms with Gasteiger partial charge in [-0.05, 0) is 23.6 Å². The summed E-state index contributed by atoms with van der Waals surface area (Å²) in [6.45, 7) is 2.27. The summed E-state index contributed by atoms with van der Waals surface area (Å²) in [4.78, 5) is 4.31. The van der Waals surface area contributed by atoms with Crippen LogP contribution in [0.5, 0.6) is 5.75 Å². The number of fused-ring (bicyclic) bond motifs is 1. The Morgan fingerprint density at radius 3 is 2.63 bits per heavy atom. The molecule has 0 aliphatic carbocycles. The highest BCUT2D eigenvalue weighted by Gasteiger charge is 2.21. The number of nitrogens with zero attached hydrogens (tertiary/aromatic N) is 1. The Labute approximate surface area is 178 Å². The van der Waals surface area contributed by atoms with E-state index in [0.717, 1.165) is 36.8 Å². The smallest absolute Gasteiger partial charge is 0.191 e. The summed E-state index contributed by atoms with van der Waals surface area (Å²) >= 11 is 0. The second kappa shape index (κ2) is 11.1. The van der Waals surface area contributed by atoms with Crippen molar-refractivity contribution in [1.82, 2.24) is 10.6 Å². The predicted molar refractivity (Wildman–Crippen MR) is 120 cm³/mol. The molecule has 2 atom stereocenters. The highest BCUT2D eigenvalue weighted by Crippen LogP contribution is 2.32. The normalized spacial score (nSPS) is 17.1. The molecule has 3 N–H and O–H groups in total. The Kier molecular flexibility index (Phi) is 8.87. The minimum absolute atomic E-state index is 0. The maximum atomic E-state index is 9.69. The van der Waals surface area contributed by atoms with Crippen LogP contribution in [0.3, 0.4) is 0 Å². The molecule has 0 fully saturated rings. The fourth-order valence-corrected chi connectivity index (χ4v) is 3.30. The zero-order valence-electron chi connectivity index (χ0n) is 15.6. The third-order valence-electron chi connectivity index (χ3n) is 4.83. The number of ether oxygens (including phenoxy) is 1. The molecule has 1 heterocycles. The number of halogens is 1. The number of hydrogen-bond donors (Lipinski definition) is 3. The highest BCUT2D eigenvalue weighted by molar-refractivity contribution is 14.0. The lowest BCUT2D eigenvalue weighted by atomic mass is 9.93. The van der Waals surface area contributed by atoms with Crippen molar-refractivity contribution in [3.8, 4) is 5.75 Å². The van der Waals surface area contributed by atoms with Gasteiger partial charge in [0.05, 0.1) is 13.2 Å². The van der Waals surface area contributed by atoms with Gasteiger partial charge in [-0.25, -0.2) is 0 Å². The average Bonchev–Trinajstić information content (AvgIpc) is 2.71. The lowest BCUT2D eigenvalue weighted by Crippen LogP contribution is -2.42. The molecular formula is C21H28IN3O2. The van der Waals surface area contributed by atoms with Crippen molar-refractivity contribution in [2.45, 2.75) is 18.3 Å². The first kappa shape index (κ1) is 21.5. The third-order valence-corrected chi connectivity index (χ3v) is 4.83. The second-order valence-electron chi connectivity index (χ2n) is 6.50. The van der Waals surface area contributed by atoms with E-state index in [4.69, 9.17) is 4.74 Å². The Balaban J connectivity index is 0.00000261. The van der Waals surface area contributed by atoms with E-state index in [1.54, 1.807) is 7.05 Å². The zero-order valence-corrected chi connectivity index (χ0v) is 17.9. The van der Waals surface area contributed by atoms with Gasteiger partial charge < -0.3 is 20.5 Å². The standard InChI is InChI=1S/C21H27N3O2.HI/c1-22-21(24-14-18(15-25)16-7-3-2-4-8-16)23-13-17-11-12-26-20-10-6-5-9-19(17)20;/h2-10,17-18,25H,11-15H2,1H3,(H2,22,23,24);1H. The monoisotopic (exact) mass is 481 g/mol. The van der Waals surface area contributed by atoms with Crippen molar-refractivity contribution >= 4 is 29.9 Å². The molecule has 6 heteroatoms. The van der Waals surface area contributed by atoms with E-state index < -0.39 is 0 Å². The molecule has 1 aliphatic rings. The summed E-state index contributed by atoms with van der Waals surface area (Å²) in [6, 6.07) is 18.3. The molecule has 2 aromatic carbocycles. The van der Waals surface area contributed by atoms with Crippen LogP contribution in [0.15, 0.2) is 59.6 Å². The van der Waals surface area contributed by atoms with E-state index in [0.29, 0.717) is 12.5 Å². The van der Waals surface area contributed by atoms with Crippen LogP contribution in [0.2, 0.25) is 0 Å². The number of rotatable bonds is 6. The Hall–Kier alpha value is -1.80. The van der Waals surface area contributed by atoms with Gasteiger partial charge >= 0.3 is 0 Å². The van der Waals surface area contributed by atoms with Gasteiger partial charge in [-0.3, -0.25) is 4.99 Å². The minimum atomic E-state index is 0. The molecule has 0 saturated carbocycles. The summed E-state index contributed by atoms with van der Waals surface area (Å²) in [6.07, 6.45) is 0.990. The third kappa shape index (κ3) is 5.84. The number of benzene rings is 2. The van der Waals surface area contributed by atoms with Crippen LogP contribution >= 0.6 is 24.0 Å². The molecule has 0 aromatic heterocycles. The molecule has 2 aromatic rings. The number of nitrogens with one attached hydrogen (secondary N) is 2. The van der Waals surface area contributed by atoms with Crippen LogP contribution in [-0.4, -0.2) is 44.4 Å². The number of para-hydroxylation sites is 1. The minimum Gasteiger partial charge on any atom is -0.493 e. The fourth-order valence-electron chi connectivity index (χ4n) is 3.30. The number of guanidine groups is 1. The average molecular weight is 481 g/mol. The molecule has 0 amide bonds. The van der Waals surface area contributed by atoms with Crippen molar-refractivity contribution in [2.75, 3.05) is 33.4 Å². The van der Waals surface area contributed by atoms with Gasteiger partial charge in [-0.2, -0.15) is 0 Å². The lowest BCUT2D eigenvalue weighted by molar-refractivity contribution is 0.264. The van der Waals surface area contributed by atoms with Gasteiger partial charge in [0, 0.05) is 32.0 Å². The van der Waals surface area contributed by atoms with Crippen molar-refractivity contribution in [3.05, 3.63) is 65.7 Å². The van der Waals surface area contributed by atoms with Crippen molar-refractivity contribution in [2.24, 2.45) is 4.99 Å². The molecule has 0 radical (unpaired) electrons. The zero-order chi connectivity index (χ0) is 18.2. The number of aliphatic hydroxyl groups excluding tert-OH is 1. The summed E-state index contributed by atoms with van der Waals surface area (Å²) in [7, 11) is 1.77. The fraction of sp³-hybridized carbons (Fsp3) is 0.381. The Bertz CT molecular complexity index is 724. The summed E-state index contributed by atoms with van der Waals surface area (Å²) in [5, 5.41) is 16.4. The Morgan fingerprint density at radius 1 is 1.15 bits per heavy atom. The van der Waals surface area contributed by atoms with Crippen LogP contribution in [0, 0.1) is 0 Å². The van der Waals surface area contributed by atoms with E-state index in [1.165, 1.54) is 5.56 Å². The van der Waals surface area contributed by atoms with Crippen LogP contribution in [0.4, 0.5) is 0 Å². The van der Waals surface area contributed by atoms with Crippen LogP contribution in [0.1, 0.15) is 29.4 Å². The van der Waals surface area contributed by atoms with E-state index in [-0.39, 0.29) is 36.5 Å². The summed E-state index contributed by atoms with van der Waals surface area (Å²) in [5.41, 5.74) is 2.37. The maximum Gasteiger partial charge on any atom is 0.191 e. The van der Waals surface area contributed by atoms with Gasteiger partial charge in [0.1, 0.15) is 5.75 Å². The molecule has 1 aliphatic heterocycles. The molecule has 0 bridgehead atoms. The highest BCUT2D eigenvalue weighted by atomic mass is 127. The van der Waals surface area contributed by atoms with E-state index in [1.807, 2.05) is 42.5 Å². The van der Waals surface area contributed by atoms with Gasteiger partial charge in [0.25, 0.3) is 0 Å². The van der Waals surface area contributed by atoms with E-state index in [9.17, 15) is 5.11 Å². The topological polar surface area (TPSA) is 65.9 Å². The summed E-state index contributed by atoms with van der Waals surface area (Å²) in [5.74, 6) is 2.18. The molecule has 5 nitrogen and oxygen atoms in total. The predicted octanol–water partition coefficient (Wildman–Crippen LogP) is 3.11. The molecule has 2 unspecified atom stereocenters. The molecule has 0 spiro atoms. The number of aliphatic imine (C=N–C) groups is 1. The molecule has 0 saturated heterocycles. The van der Waals surface area contributed by atoms with Crippen LogP contribution < -0.4 is 15.4 Å². The molecule has 27 heavy (non-hydrogen) atoms. The van der Waals surface area contributed by atoms with E-state index in [2.05, 4.69) is 27.8 Å². The lowest BCUT2D eigenvalue weighted by Gasteiger charge is -2.27. The number of hydrogen-bond acceptors (Lipinski definition) is 3. The van der Waals surface area contributed by atoms with Gasteiger partial charge in [-0.1, -0.05) is 48.5 Å². The van der Waals surface area contributed by atoms with Crippen molar-refractivity contribution in [3.63, 3.8) is 0 Å². The SMILES string of the molecule is CN=C(NCC(CO)c1ccccc1)NCC1CCOc2ccccc21.I. The second-order valence-corrected chi connectivity index (χ2v) is 6.50. The summed E-state index contributed by atoms with van der Waals surface area (Å²) < 4.78 is 5.73. The van der Waals surface area contributed by atoms with E-state index >= 15 is 0 Å². The van der Waals surface area contributed by atoms with Crippen molar-refractivity contribution in [1.29, 1.82) is 0 Å². The van der Waals surface area contributed by atoms with Crippen molar-refractivity contribution < 1.29 is 9.84 Å². The largest absolute Gasteiger partial charge is 0.493 e. The van der Waals surface area contributed by atoms with Gasteiger partial charge in [0.15, 0.2) is 5.96 Å².